The van der Waals surface area contributed by atoms with Crippen LogP contribution in [0.1, 0.15) is 19.7 Å². The maximum absolute atomic E-state index is 9.56. The molecular weight excluding hydrogens is 328 g/mol. The first-order valence-corrected chi connectivity index (χ1v) is 8.12. The van der Waals surface area contributed by atoms with Crippen LogP contribution in [0.25, 0.3) is 21.9 Å². The molecule has 128 valence electrons. The third-order valence-corrected chi connectivity index (χ3v) is 4.34. The van der Waals surface area contributed by atoms with E-state index in [0.29, 0.717) is 35.0 Å². The lowest BCUT2D eigenvalue weighted by Crippen LogP contribution is -2.28. The Morgan fingerprint density at radius 1 is 1.33 bits per heavy atom. The lowest BCUT2D eigenvalue weighted by Gasteiger charge is -2.24. The highest BCUT2D eigenvalue weighted by Crippen LogP contribution is 2.34. The first kappa shape index (κ1) is 17.0. The molecule has 2 heterocycles. The van der Waals surface area contributed by atoms with E-state index in [0.717, 1.165) is 16.7 Å². The SMILES string of the molecule is COCC(C)(C)c1nc2c(N)nc3cc(Cl)ccc3c2n1CCO. The van der Waals surface area contributed by atoms with E-state index in [4.69, 9.17) is 27.1 Å². The fraction of sp³-hybridized carbons (Fsp3) is 0.412. The third-order valence-electron chi connectivity index (χ3n) is 4.10. The Hall–Kier alpha value is -1.89. The predicted octanol–water partition coefficient (Wildman–Crippen LogP) is 2.74. The maximum atomic E-state index is 9.56. The molecule has 0 atom stereocenters. The molecule has 3 aromatic rings. The lowest BCUT2D eigenvalue weighted by atomic mass is 9.93. The average Bonchev–Trinajstić information content (AvgIpc) is 2.89. The minimum Gasteiger partial charge on any atom is -0.395 e. The van der Waals surface area contributed by atoms with Gasteiger partial charge in [-0.25, -0.2) is 9.97 Å². The van der Waals surface area contributed by atoms with Gasteiger partial charge in [-0.1, -0.05) is 25.4 Å². The number of anilines is 1. The number of ether oxygens (including phenoxy) is 1. The summed E-state index contributed by atoms with van der Waals surface area (Å²) in [7, 11) is 1.66. The van der Waals surface area contributed by atoms with E-state index >= 15 is 0 Å². The molecule has 0 amide bonds. The number of halogens is 1. The second-order valence-electron chi connectivity index (χ2n) is 6.48. The van der Waals surface area contributed by atoms with E-state index in [1.807, 2.05) is 30.5 Å². The number of nitrogen functional groups attached to an aromatic ring is 1. The van der Waals surface area contributed by atoms with Crippen LogP contribution in [0.3, 0.4) is 0 Å². The number of hydrogen-bond acceptors (Lipinski definition) is 5. The van der Waals surface area contributed by atoms with Crippen molar-refractivity contribution in [1.29, 1.82) is 0 Å². The lowest BCUT2D eigenvalue weighted by molar-refractivity contribution is 0.139. The number of rotatable bonds is 5. The number of nitrogens with zero attached hydrogens (tertiary/aromatic N) is 3. The molecule has 0 aliphatic carbocycles. The average molecular weight is 349 g/mol. The Morgan fingerprint density at radius 2 is 2.08 bits per heavy atom. The molecule has 0 aliphatic rings. The van der Waals surface area contributed by atoms with Gasteiger partial charge in [-0.2, -0.15) is 0 Å². The van der Waals surface area contributed by atoms with E-state index in [2.05, 4.69) is 4.98 Å². The smallest absolute Gasteiger partial charge is 0.152 e. The van der Waals surface area contributed by atoms with Crippen molar-refractivity contribution in [1.82, 2.24) is 14.5 Å². The van der Waals surface area contributed by atoms with Crippen molar-refractivity contribution >= 4 is 39.4 Å². The van der Waals surface area contributed by atoms with Crippen molar-refractivity contribution in [2.24, 2.45) is 0 Å². The second kappa shape index (κ2) is 6.20. The molecule has 3 N–H and O–H groups in total. The van der Waals surface area contributed by atoms with Gasteiger partial charge in [0.1, 0.15) is 11.3 Å². The van der Waals surface area contributed by atoms with Crippen molar-refractivity contribution in [3.8, 4) is 0 Å². The van der Waals surface area contributed by atoms with E-state index in [1.54, 1.807) is 13.2 Å². The summed E-state index contributed by atoms with van der Waals surface area (Å²) in [5.41, 5.74) is 8.02. The third kappa shape index (κ3) is 2.70. The van der Waals surface area contributed by atoms with Gasteiger partial charge in [0.2, 0.25) is 0 Å². The highest BCUT2D eigenvalue weighted by atomic mass is 35.5. The topological polar surface area (TPSA) is 86.2 Å². The minimum absolute atomic E-state index is 0.00116. The van der Waals surface area contributed by atoms with Gasteiger partial charge in [0.25, 0.3) is 0 Å². The Labute approximate surface area is 145 Å². The standard InChI is InChI=1S/C17H21ClN4O2/c1-17(2,9-24-3)16-21-13-14(22(16)6-7-23)11-5-4-10(18)8-12(11)20-15(13)19/h4-5,8,23H,6-7,9H2,1-3H3,(H2,19,20). The van der Waals surface area contributed by atoms with Crippen molar-refractivity contribution in [2.75, 3.05) is 26.1 Å². The number of benzene rings is 1. The van der Waals surface area contributed by atoms with Crippen molar-refractivity contribution < 1.29 is 9.84 Å². The largest absolute Gasteiger partial charge is 0.395 e. The van der Waals surface area contributed by atoms with Crippen LogP contribution in [0.5, 0.6) is 0 Å². The molecule has 2 aromatic heterocycles. The number of hydrogen-bond donors (Lipinski definition) is 2. The van der Waals surface area contributed by atoms with Crippen LogP contribution in [-0.2, 0) is 16.7 Å². The fourth-order valence-electron chi connectivity index (χ4n) is 3.14. The van der Waals surface area contributed by atoms with Crippen molar-refractivity contribution in [2.45, 2.75) is 25.8 Å². The van der Waals surface area contributed by atoms with Crippen molar-refractivity contribution in [3.63, 3.8) is 0 Å². The molecular formula is C17H21ClN4O2. The molecule has 1 aromatic carbocycles. The summed E-state index contributed by atoms with van der Waals surface area (Å²) in [5, 5.41) is 11.1. The monoisotopic (exact) mass is 348 g/mol. The zero-order chi connectivity index (χ0) is 17.5. The number of aromatic nitrogens is 3. The van der Waals surface area contributed by atoms with E-state index in [-0.39, 0.29) is 12.0 Å². The summed E-state index contributed by atoms with van der Waals surface area (Å²) in [6, 6.07) is 5.51. The molecule has 0 spiro atoms. The molecule has 24 heavy (non-hydrogen) atoms. The maximum Gasteiger partial charge on any atom is 0.152 e. The molecule has 7 heteroatoms. The van der Waals surface area contributed by atoms with E-state index < -0.39 is 0 Å². The van der Waals surface area contributed by atoms with Crippen molar-refractivity contribution in [3.05, 3.63) is 29.0 Å². The number of aliphatic hydroxyl groups is 1. The molecule has 0 bridgehead atoms. The molecule has 0 radical (unpaired) electrons. The Balaban J connectivity index is 2.41. The zero-order valence-corrected chi connectivity index (χ0v) is 14.8. The summed E-state index contributed by atoms with van der Waals surface area (Å²) in [4.78, 5) is 9.18. The van der Waals surface area contributed by atoms with Crippen LogP contribution in [0, 0.1) is 0 Å². The summed E-state index contributed by atoms with van der Waals surface area (Å²) in [6.07, 6.45) is 0. The highest BCUT2D eigenvalue weighted by molar-refractivity contribution is 6.31. The quantitative estimate of drug-likeness (QED) is 0.740. The van der Waals surface area contributed by atoms with Crippen LogP contribution in [0.4, 0.5) is 5.82 Å². The number of nitrogens with two attached hydrogens (primary N) is 1. The second-order valence-corrected chi connectivity index (χ2v) is 6.92. The molecule has 3 rings (SSSR count). The van der Waals surface area contributed by atoms with Crippen LogP contribution in [0.15, 0.2) is 18.2 Å². The molecule has 0 fully saturated rings. The first-order valence-electron chi connectivity index (χ1n) is 7.74. The van der Waals surface area contributed by atoms with Gasteiger partial charge in [-0.15, -0.1) is 0 Å². The summed E-state index contributed by atoms with van der Waals surface area (Å²) < 4.78 is 7.35. The van der Waals surface area contributed by atoms with Crippen LogP contribution >= 0.6 is 11.6 Å². The number of pyridine rings is 1. The van der Waals surface area contributed by atoms with E-state index in [1.165, 1.54) is 0 Å². The van der Waals surface area contributed by atoms with Gasteiger partial charge in [-0.3, -0.25) is 0 Å². The fourth-order valence-corrected chi connectivity index (χ4v) is 3.31. The first-order chi connectivity index (χ1) is 11.4. The summed E-state index contributed by atoms with van der Waals surface area (Å²) in [5.74, 6) is 1.16. The van der Waals surface area contributed by atoms with Gasteiger partial charge in [-0.05, 0) is 18.2 Å². The van der Waals surface area contributed by atoms with Gasteiger partial charge in [0, 0.05) is 29.5 Å². The highest BCUT2D eigenvalue weighted by Gasteiger charge is 2.29. The van der Waals surface area contributed by atoms with E-state index in [9.17, 15) is 5.11 Å². The summed E-state index contributed by atoms with van der Waals surface area (Å²) in [6.45, 7) is 5.01. The number of fused-ring (bicyclic) bond motifs is 3. The van der Waals surface area contributed by atoms with Gasteiger partial charge >= 0.3 is 0 Å². The number of imidazole rings is 1. The summed E-state index contributed by atoms with van der Waals surface area (Å²) >= 11 is 6.08. The Kier molecular flexibility index (Phi) is 4.38. The Morgan fingerprint density at radius 3 is 2.75 bits per heavy atom. The normalized spacial score (nSPS) is 12.4. The van der Waals surface area contributed by atoms with Crippen LogP contribution < -0.4 is 5.73 Å². The Bertz CT molecular complexity index is 905. The number of methoxy groups -OCH3 is 1. The zero-order valence-electron chi connectivity index (χ0n) is 14.0. The molecule has 6 nitrogen and oxygen atoms in total. The minimum atomic E-state index is -0.339. The van der Waals surface area contributed by atoms with Crippen LogP contribution in [-0.4, -0.2) is 40.0 Å². The number of aliphatic hydroxyl groups excluding tert-OH is 1. The molecule has 0 saturated heterocycles. The van der Waals surface area contributed by atoms with Gasteiger partial charge in [0.05, 0.1) is 24.2 Å². The predicted molar refractivity (Wildman–Crippen MR) is 96.4 cm³/mol. The molecule has 0 aliphatic heterocycles. The molecule has 0 saturated carbocycles. The van der Waals surface area contributed by atoms with Crippen LogP contribution in [0.2, 0.25) is 5.02 Å². The van der Waals surface area contributed by atoms with Gasteiger partial charge < -0.3 is 20.1 Å². The molecule has 0 unspecified atom stereocenters. The van der Waals surface area contributed by atoms with Gasteiger partial charge in [0.15, 0.2) is 5.82 Å².